The summed E-state index contributed by atoms with van der Waals surface area (Å²) < 4.78 is 31.3. The summed E-state index contributed by atoms with van der Waals surface area (Å²) in [6.07, 6.45) is 1.07. The van der Waals surface area contributed by atoms with Crippen LogP contribution in [0.25, 0.3) is 0 Å². The summed E-state index contributed by atoms with van der Waals surface area (Å²) in [6, 6.07) is 0. The van der Waals surface area contributed by atoms with E-state index in [1.54, 1.807) is 13.8 Å². The van der Waals surface area contributed by atoms with Crippen molar-refractivity contribution >= 4 is 29.7 Å². The van der Waals surface area contributed by atoms with Gasteiger partial charge in [-0.15, -0.1) is 0 Å². The number of ether oxygens (including phenoxy) is 1. The van der Waals surface area contributed by atoms with Crippen molar-refractivity contribution in [3.8, 4) is 0 Å². The van der Waals surface area contributed by atoms with Crippen LogP contribution in [0.1, 0.15) is 13.8 Å². The lowest BCUT2D eigenvalue weighted by Crippen LogP contribution is -2.04. The standard InChI is InChI=1S/C9H16BrO6P/c1-4-14-17(12,15-5-2)16-8(7-10)6-9(11)13-3/h6H,4-5,7H2,1-3H3/b8-6-. The Labute approximate surface area is 109 Å². The van der Waals surface area contributed by atoms with E-state index < -0.39 is 13.8 Å². The predicted molar refractivity (Wildman–Crippen MR) is 65.8 cm³/mol. The molecule has 0 saturated carbocycles. The van der Waals surface area contributed by atoms with Crippen LogP contribution in [0, 0.1) is 0 Å². The maximum Gasteiger partial charge on any atom is 0.529 e. The number of rotatable bonds is 8. The zero-order chi connectivity index (χ0) is 13.3. The van der Waals surface area contributed by atoms with E-state index in [0.29, 0.717) is 0 Å². The van der Waals surface area contributed by atoms with Gasteiger partial charge in [-0.05, 0) is 13.8 Å². The second-order valence-electron chi connectivity index (χ2n) is 2.64. The molecule has 0 atom stereocenters. The molecular formula is C9H16BrO6P. The lowest BCUT2D eigenvalue weighted by Gasteiger charge is -2.17. The summed E-state index contributed by atoms with van der Waals surface area (Å²) in [6.45, 7) is 3.66. The molecule has 0 heterocycles. The molecular weight excluding hydrogens is 315 g/mol. The Hall–Kier alpha value is -0.360. The molecule has 0 aromatic heterocycles. The lowest BCUT2D eigenvalue weighted by molar-refractivity contribution is -0.135. The maximum atomic E-state index is 12.0. The number of esters is 1. The highest BCUT2D eigenvalue weighted by molar-refractivity contribution is 9.09. The average Bonchev–Trinajstić information content (AvgIpc) is 2.28. The molecule has 0 radical (unpaired) electrons. The number of allylic oxidation sites excluding steroid dienone is 1. The van der Waals surface area contributed by atoms with Crippen LogP contribution >= 0.6 is 23.8 Å². The smallest absolute Gasteiger partial charge is 0.466 e. The van der Waals surface area contributed by atoms with Crippen LogP contribution in [0.4, 0.5) is 0 Å². The van der Waals surface area contributed by atoms with Gasteiger partial charge in [0.05, 0.1) is 31.7 Å². The maximum absolute atomic E-state index is 12.0. The Morgan fingerprint density at radius 1 is 1.29 bits per heavy atom. The van der Waals surface area contributed by atoms with E-state index in [4.69, 9.17) is 13.6 Å². The van der Waals surface area contributed by atoms with E-state index in [2.05, 4.69) is 20.7 Å². The molecule has 0 N–H and O–H groups in total. The SMILES string of the molecule is CCOP(=O)(OCC)O/C(=C\C(=O)OC)CBr. The Bertz CT molecular complexity index is 307. The number of hydrogen-bond acceptors (Lipinski definition) is 6. The molecule has 0 aromatic carbocycles. The van der Waals surface area contributed by atoms with Gasteiger partial charge in [0.15, 0.2) is 0 Å². The van der Waals surface area contributed by atoms with Crippen LogP contribution in [-0.4, -0.2) is 31.6 Å². The van der Waals surface area contributed by atoms with E-state index in [1.165, 1.54) is 7.11 Å². The van der Waals surface area contributed by atoms with Crippen LogP contribution in [0.2, 0.25) is 0 Å². The summed E-state index contributed by atoms with van der Waals surface area (Å²) in [4.78, 5) is 11.0. The van der Waals surface area contributed by atoms with Crippen molar-refractivity contribution in [2.75, 3.05) is 25.7 Å². The zero-order valence-electron chi connectivity index (χ0n) is 9.97. The fourth-order valence-corrected chi connectivity index (χ4v) is 2.50. The van der Waals surface area contributed by atoms with Crippen LogP contribution in [0.5, 0.6) is 0 Å². The molecule has 0 bridgehead atoms. The van der Waals surface area contributed by atoms with Crippen molar-refractivity contribution < 1.29 is 27.7 Å². The number of carbonyl (C=O) groups excluding carboxylic acids is 1. The predicted octanol–water partition coefficient (Wildman–Crippen LogP) is 2.64. The van der Waals surface area contributed by atoms with Crippen molar-refractivity contribution in [3.05, 3.63) is 11.8 Å². The van der Waals surface area contributed by atoms with Crippen molar-refractivity contribution in [1.29, 1.82) is 0 Å². The fraction of sp³-hybridized carbons (Fsp3) is 0.667. The van der Waals surface area contributed by atoms with Gasteiger partial charge < -0.3 is 9.26 Å². The molecule has 0 rings (SSSR count). The van der Waals surface area contributed by atoms with Crippen LogP contribution in [0.15, 0.2) is 11.8 Å². The Kier molecular flexibility index (Phi) is 8.51. The minimum absolute atomic E-state index is 0.113. The Morgan fingerprint density at radius 2 is 1.82 bits per heavy atom. The van der Waals surface area contributed by atoms with Crippen LogP contribution < -0.4 is 0 Å². The van der Waals surface area contributed by atoms with Gasteiger partial charge in [0.25, 0.3) is 0 Å². The van der Waals surface area contributed by atoms with E-state index in [9.17, 15) is 9.36 Å². The number of carbonyl (C=O) groups is 1. The third-order valence-electron chi connectivity index (χ3n) is 1.42. The molecule has 0 aromatic rings. The summed E-state index contributed by atoms with van der Waals surface area (Å²) in [7, 11) is -2.43. The van der Waals surface area contributed by atoms with Gasteiger partial charge in [-0.25, -0.2) is 9.36 Å². The summed E-state index contributed by atoms with van der Waals surface area (Å²) in [5.41, 5.74) is 0. The zero-order valence-corrected chi connectivity index (χ0v) is 12.5. The lowest BCUT2D eigenvalue weighted by atomic mass is 10.5. The molecule has 0 aliphatic heterocycles. The first kappa shape index (κ1) is 16.6. The fourth-order valence-electron chi connectivity index (χ4n) is 0.830. The molecule has 0 spiro atoms. The molecule has 100 valence electrons. The molecule has 0 aliphatic rings. The minimum atomic E-state index is -3.66. The Balaban J connectivity index is 4.76. The highest BCUT2D eigenvalue weighted by Crippen LogP contribution is 2.51. The highest BCUT2D eigenvalue weighted by Gasteiger charge is 2.28. The van der Waals surface area contributed by atoms with Crippen LogP contribution in [-0.2, 0) is 27.7 Å². The molecule has 0 fully saturated rings. The molecule has 0 aliphatic carbocycles. The van der Waals surface area contributed by atoms with Gasteiger partial charge in [-0.2, -0.15) is 0 Å². The van der Waals surface area contributed by atoms with Gasteiger partial charge in [0.1, 0.15) is 5.76 Å². The van der Waals surface area contributed by atoms with E-state index in [0.717, 1.165) is 6.08 Å². The first-order valence-corrected chi connectivity index (χ1v) is 7.52. The second kappa shape index (κ2) is 8.69. The second-order valence-corrected chi connectivity index (χ2v) is 4.80. The normalized spacial score (nSPS) is 12.4. The monoisotopic (exact) mass is 330 g/mol. The molecule has 6 nitrogen and oxygen atoms in total. The third-order valence-corrected chi connectivity index (χ3v) is 3.57. The van der Waals surface area contributed by atoms with Crippen LogP contribution in [0.3, 0.4) is 0 Å². The number of hydrogen-bond donors (Lipinski definition) is 0. The first-order valence-electron chi connectivity index (χ1n) is 4.94. The first-order chi connectivity index (χ1) is 8.01. The molecule has 0 saturated heterocycles. The van der Waals surface area contributed by atoms with E-state index in [-0.39, 0.29) is 24.3 Å². The van der Waals surface area contributed by atoms with Crippen molar-refractivity contribution in [2.45, 2.75) is 13.8 Å². The Morgan fingerprint density at radius 3 is 2.18 bits per heavy atom. The average molecular weight is 331 g/mol. The molecule has 8 heteroatoms. The topological polar surface area (TPSA) is 71.1 Å². The van der Waals surface area contributed by atoms with Crippen molar-refractivity contribution in [1.82, 2.24) is 0 Å². The molecule has 17 heavy (non-hydrogen) atoms. The van der Waals surface area contributed by atoms with Gasteiger partial charge in [0, 0.05) is 0 Å². The minimum Gasteiger partial charge on any atom is -0.466 e. The van der Waals surface area contributed by atoms with Crippen molar-refractivity contribution in [2.24, 2.45) is 0 Å². The van der Waals surface area contributed by atoms with E-state index in [1.807, 2.05) is 0 Å². The summed E-state index contributed by atoms with van der Waals surface area (Å²) in [5.74, 6) is -0.499. The quantitative estimate of drug-likeness (QED) is 0.224. The summed E-state index contributed by atoms with van der Waals surface area (Å²) in [5, 5.41) is 0.187. The number of phosphoric acid groups is 1. The summed E-state index contributed by atoms with van der Waals surface area (Å²) >= 11 is 3.10. The molecule has 0 amide bonds. The number of halogens is 1. The van der Waals surface area contributed by atoms with Gasteiger partial charge in [-0.3, -0.25) is 9.05 Å². The number of alkyl halides is 1. The number of phosphoric ester groups is 1. The molecule has 0 unspecified atom stereocenters. The third kappa shape index (κ3) is 6.83. The van der Waals surface area contributed by atoms with Gasteiger partial charge >= 0.3 is 13.8 Å². The van der Waals surface area contributed by atoms with Gasteiger partial charge in [-0.1, -0.05) is 15.9 Å². The largest absolute Gasteiger partial charge is 0.529 e. The van der Waals surface area contributed by atoms with Gasteiger partial charge in [0.2, 0.25) is 0 Å². The highest BCUT2D eigenvalue weighted by atomic mass is 79.9. The number of methoxy groups -OCH3 is 1. The van der Waals surface area contributed by atoms with E-state index >= 15 is 0 Å². The van der Waals surface area contributed by atoms with Crippen molar-refractivity contribution in [3.63, 3.8) is 0 Å².